The van der Waals surface area contributed by atoms with Crippen molar-refractivity contribution < 1.29 is 18.0 Å². The highest BCUT2D eigenvalue weighted by Gasteiger charge is 2.50. The molecule has 1 atom stereocenters. The molecule has 1 fully saturated rings. The van der Waals surface area contributed by atoms with Crippen LogP contribution in [0.25, 0.3) is 0 Å². The highest BCUT2D eigenvalue weighted by Crippen LogP contribution is 2.31. The molecule has 7 nitrogen and oxygen atoms in total. The van der Waals surface area contributed by atoms with E-state index in [1.807, 2.05) is 56.3 Å². The quantitative estimate of drug-likeness (QED) is 0.742. The molecule has 0 aliphatic carbocycles. The zero-order chi connectivity index (χ0) is 22.8. The van der Waals surface area contributed by atoms with Crippen molar-refractivity contribution >= 4 is 27.5 Å². The van der Waals surface area contributed by atoms with E-state index in [-0.39, 0.29) is 19.6 Å². The first-order valence-electron chi connectivity index (χ1n) is 10.3. The van der Waals surface area contributed by atoms with Gasteiger partial charge in [0.25, 0.3) is 0 Å². The molecule has 2 amide bonds. The summed E-state index contributed by atoms with van der Waals surface area (Å²) in [4.78, 5) is 28.0. The summed E-state index contributed by atoms with van der Waals surface area (Å²) in [7, 11) is -3.65. The maximum absolute atomic E-state index is 13.4. The maximum Gasteiger partial charge on any atom is 0.247 e. The lowest BCUT2D eigenvalue weighted by Crippen LogP contribution is -2.70. The summed E-state index contributed by atoms with van der Waals surface area (Å²) in [6.45, 7) is 5.48. The monoisotopic (exact) mass is 443 g/mol. The van der Waals surface area contributed by atoms with E-state index in [1.54, 1.807) is 13.0 Å². The van der Waals surface area contributed by atoms with E-state index in [9.17, 15) is 18.0 Å². The molecule has 1 N–H and O–H groups in total. The summed E-state index contributed by atoms with van der Waals surface area (Å²) < 4.78 is 25.5. The second kappa shape index (κ2) is 8.80. The molecule has 166 valence electrons. The molecule has 2 aromatic rings. The van der Waals surface area contributed by atoms with E-state index in [0.717, 1.165) is 33.7 Å². The van der Waals surface area contributed by atoms with E-state index in [2.05, 4.69) is 5.32 Å². The van der Waals surface area contributed by atoms with Crippen molar-refractivity contribution in [3.63, 3.8) is 0 Å². The maximum atomic E-state index is 13.4. The summed E-state index contributed by atoms with van der Waals surface area (Å²) in [5.74, 6) is -0.838. The fourth-order valence-corrected chi connectivity index (χ4v) is 4.63. The molecule has 1 unspecified atom stereocenters. The average Bonchev–Trinajstić information content (AvgIpc) is 2.72. The van der Waals surface area contributed by atoms with E-state index < -0.39 is 27.4 Å². The molecule has 1 saturated heterocycles. The van der Waals surface area contributed by atoms with Gasteiger partial charge in [0, 0.05) is 18.8 Å². The number of hydrogen-bond donors (Lipinski definition) is 1. The van der Waals surface area contributed by atoms with Gasteiger partial charge in [-0.05, 0) is 43.5 Å². The molecule has 3 rings (SSSR count). The highest BCUT2D eigenvalue weighted by molar-refractivity contribution is 7.88. The van der Waals surface area contributed by atoms with Gasteiger partial charge in [-0.25, -0.2) is 8.42 Å². The Hall–Kier alpha value is -2.71. The Kier molecular flexibility index (Phi) is 6.52. The van der Waals surface area contributed by atoms with Crippen LogP contribution in [0.4, 0.5) is 5.69 Å². The first-order valence-corrected chi connectivity index (χ1v) is 12.1. The van der Waals surface area contributed by atoms with Crippen LogP contribution in [-0.4, -0.2) is 49.4 Å². The number of anilines is 1. The molecular weight excluding hydrogens is 414 g/mol. The minimum atomic E-state index is -3.65. The summed E-state index contributed by atoms with van der Waals surface area (Å²) in [6, 6.07) is 15.2. The Balaban J connectivity index is 1.96. The Morgan fingerprint density at radius 2 is 1.81 bits per heavy atom. The fourth-order valence-electron chi connectivity index (χ4n) is 3.80. The lowest BCUT2D eigenvalue weighted by molar-refractivity contribution is -0.133. The van der Waals surface area contributed by atoms with Gasteiger partial charge in [0.15, 0.2) is 0 Å². The molecule has 31 heavy (non-hydrogen) atoms. The molecule has 1 aliphatic heterocycles. The zero-order valence-electron chi connectivity index (χ0n) is 18.4. The highest BCUT2D eigenvalue weighted by atomic mass is 32.2. The third-order valence-corrected chi connectivity index (χ3v) is 6.84. The molecule has 0 radical (unpaired) electrons. The second-order valence-electron chi connectivity index (χ2n) is 8.23. The third-order valence-electron chi connectivity index (χ3n) is 5.65. The SMILES string of the molecule is CCc1cccc(N2C(=O)CN(S(C)(=O)=O)CC2(C)C(=O)NCc2ccc(C)cc2)c1. The van der Waals surface area contributed by atoms with Crippen molar-refractivity contribution in [1.82, 2.24) is 9.62 Å². The molecule has 2 aromatic carbocycles. The van der Waals surface area contributed by atoms with Crippen molar-refractivity contribution in [2.45, 2.75) is 39.3 Å². The number of carbonyl (C=O) groups is 2. The summed E-state index contributed by atoms with van der Waals surface area (Å²) in [5, 5.41) is 2.90. The topological polar surface area (TPSA) is 86.8 Å². The Labute approximate surface area is 184 Å². The molecule has 0 aromatic heterocycles. The molecule has 1 heterocycles. The molecule has 0 spiro atoms. The van der Waals surface area contributed by atoms with Crippen LogP contribution in [-0.2, 0) is 32.6 Å². The van der Waals surface area contributed by atoms with Crippen LogP contribution in [0.1, 0.15) is 30.5 Å². The van der Waals surface area contributed by atoms with E-state index in [1.165, 1.54) is 4.90 Å². The van der Waals surface area contributed by atoms with Crippen molar-refractivity contribution in [1.29, 1.82) is 0 Å². The standard InChI is InChI=1S/C23H29N3O4S/c1-5-18-7-6-8-20(13-18)26-21(27)15-25(31(4,29)30)16-23(26,3)22(28)24-14-19-11-9-17(2)10-12-19/h6-13H,5,14-16H2,1-4H3,(H,24,28). The molecule has 1 aliphatic rings. The molecular formula is C23H29N3O4S. The minimum Gasteiger partial charge on any atom is -0.350 e. The number of rotatable bonds is 6. The fraction of sp³-hybridized carbons (Fsp3) is 0.391. The van der Waals surface area contributed by atoms with Crippen molar-refractivity contribution in [3.8, 4) is 0 Å². The number of amides is 2. The number of nitrogens with zero attached hydrogens (tertiary/aromatic N) is 2. The van der Waals surface area contributed by atoms with Crippen molar-refractivity contribution in [3.05, 3.63) is 65.2 Å². The lowest BCUT2D eigenvalue weighted by atomic mass is 9.94. The van der Waals surface area contributed by atoms with Crippen LogP contribution < -0.4 is 10.2 Å². The van der Waals surface area contributed by atoms with E-state index in [4.69, 9.17) is 0 Å². The number of hydrogen-bond acceptors (Lipinski definition) is 4. The number of nitrogens with one attached hydrogen (secondary N) is 1. The van der Waals surface area contributed by atoms with Gasteiger partial charge in [-0.15, -0.1) is 0 Å². The summed E-state index contributed by atoms with van der Waals surface area (Å²) in [5.41, 5.74) is 2.26. The van der Waals surface area contributed by atoms with Gasteiger partial charge >= 0.3 is 0 Å². The lowest BCUT2D eigenvalue weighted by Gasteiger charge is -2.46. The first-order chi connectivity index (χ1) is 14.5. The second-order valence-corrected chi connectivity index (χ2v) is 10.2. The summed E-state index contributed by atoms with van der Waals surface area (Å²) in [6.07, 6.45) is 1.83. The van der Waals surface area contributed by atoms with Crippen molar-refractivity contribution in [2.24, 2.45) is 0 Å². The number of sulfonamides is 1. The smallest absolute Gasteiger partial charge is 0.247 e. The predicted molar refractivity (Wildman–Crippen MR) is 121 cm³/mol. The zero-order valence-corrected chi connectivity index (χ0v) is 19.2. The molecule has 0 bridgehead atoms. The van der Waals surface area contributed by atoms with Crippen molar-refractivity contribution in [2.75, 3.05) is 24.2 Å². The van der Waals surface area contributed by atoms with Crippen LogP contribution in [0.2, 0.25) is 0 Å². The van der Waals surface area contributed by atoms with Crippen LogP contribution >= 0.6 is 0 Å². The van der Waals surface area contributed by atoms with Gasteiger partial charge in [-0.3, -0.25) is 14.5 Å². The van der Waals surface area contributed by atoms with Crippen LogP contribution in [0, 0.1) is 6.92 Å². The van der Waals surface area contributed by atoms with Crippen LogP contribution in [0.5, 0.6) is 0 Å². The van der Waals surface area contributed by atoms with E-state index in [0.29, 0.717) is 5.69 Å². The average molecular weight is 444 g/mol. The number of piperazine rings is 1. The van der Waals surface area contributed by atoms with Gasteiger partial charge in [0.05, 0.1) is 12.8 Å². The van der Waals surface area contributed by atoms with Crippen LogP contribution in [0.15, 0.2) is 48.5 Å². The first kappa shape index (κ1) is 23.0. The number of aryl methyl sites for hydroxylation is 2. The Morgan fingerprint density at radius 1 is 1.13 bits per heavy atom. The largest absolute Gasteiger partial charge is 0.350 e. The van der Waals surface area contributed by atoms with Gasteiger partial charge in [0.2, 0.25) is 21.8 Å². The van der Waals surface area contributed by atoms with Crippen LogP contribution in [0.3, 0.4) is 0 Å². The summed E-state index contributed by atoms with van der Waals surface area (Å²) >= 11 is 0. The normalized spacial score (nSPS) is 20.0. The van der Waals surface area contributed by atoms with Gasteiger partial charge in [0.1, 0.15) is 5.54 Å². The number of carbonyl (C=O) groups excluding carboxylic acids is 2. The molecule has 0 saturated carbocycles. The van der Waals surface area contributed by atoms with Gasteiger partial charge in [-0.2, -0.15) is 4.31 Å². The third kappa shape index (κ3) is 4.97. The number of benzene rings is 2. The minimum absolute atomic E-state index is 0.117. The van der Waals surface area contributed by atoms with Gasteiger partial charge < -0.3 is 5.32 Å². The Morgan fingerprint density at radius 3 is 2.42 bits per heavy atom. The van der Waals surface area contributed by atoms with E-state index >= 15 is 0 Å². The van der Waals surface area contributed by atoms with Gasteiger partial charge in [-0.1, -0.05) is 48.9 Å². The Bertz CT molecular complexity index is 1080. The predicted octanol–water partition coefficient (Wildman–Crippen LogP) is 2.24. The molecule has 8 heteroatoms.